The summed E-state index contributed by atoms with van der Waals surface area (Å²) >= 11 is 0. The molecular weight excluding hydrogens is 317 g/mol. The molecule has 2 aromatic rings. The van der Waals surface area contributed by atoms with E-state index < -0.39 is 5.82 Å². The SMILES string of the molecule is Cc1ccc(CN2CC[C@@H](CNC(=O)Nc3ccccc3F)C2)cc1. The molecule has 1 heterocycles. The van der Waals surface area contributed by atoms with Crippen LogP contribution >= 0.6 is 0 Å². The Bertz CT molecular complexity index is 717. The number of carbonyl (C=O) groups excluding carboxylic acids is 1. The van der Waals surface area contributed by atoms with Crippen molar-refractivity contribution in [1.82, 2.24) is 10.2 Å². The zero-order valence-corrected chi connectivity index (χ0v) is 14.5. The van der Waals surface area contributed by atoms with E-state index in [-0.39, 0.29) is 11.7 Å². The van der Waals surface area contributed by atoms with E-state index in [9.17, 15) is 9.18 Å². The van der Waals surface area contributed by atoms with E-state index in [4.69, 9.17) is 0 Å². The molecule has 0 unspecified atom stereocenters. The average molecular weight is 341 g/mol. The summed E-state index contributed by atoms with van der Waals surface area (Å²) in [5.74, 6) is -0.000363. The summed E-state index contributed by atoms with van der Waals surface area (Å²) in [5.41, 5.74) is 2.79. The van der Waals surface area contributed by atoms with Crippen molar-refractivity contribution < 1.29 is 9.18 Å². The topological polar surface area (TPSA) is 44.4 Å². The molecule has 0 bridgehead atoms. The molecule has 0 saturated carbocycles. The molecule has 25 heavy (non-hydrogen) atoms. The molecule has 0 aliphatic carbocycles. The Labute approximate surface area is 148 Å². The second-order valence-electron chi connectivity index (χ2n) is 6.69. The summed E-state index contributed by atoms with van der Waals surface area (Å²) in [4.78, 5) is 14.3. The van der Waals surface area contributed by atoms with E-state index in [1.54, 1.807) is 18.2 Å². The summed E-state index contributed by atoms with van der Waals surface area (Å²) < 4.78 is 13.5. The first-order chi connectivity index (χ1) is 12.1. The third-order valence-corrected chi connectivity index (χ3v) is 4.57. The molecule has 2 amide bonds. The predicted octanol–water partition coefficient (Wildman–Crippen LogP) is 3.78. The number of carbonyl (C=O) groups is 1. The number of nitrogens with zero attached hydrogens (tertiary/aromatic N) is 1. The van der Waals surface area contributed by atoms with Crippen LogP contribution in [-0.2, 0) is 6.54 Å². The van der Waals surface area contributed by atoms with Crippen molar-refractivity contribution in [3.05, 3.63) is 65.5 Å². The number of anilines is 1. The van der Waals surface area contributed by atoms with Gasteiger partial charge in [0.05, 0.1) is 5.69 Å². The monoisotopic (exact) mass is 341 g/mol. The Morgan fingerprint density at radius 3 is 2.72 bits per heavy atom. The maximum Gasteiger partial charge on any atom is 0.319 e. The van der Waals surface area contributed by atoms with Gasteiger partial charge in [-0.25, -0.2) is 9.18 Å². The van der Waals surface area contributed by atoms with Crippen molar-refractivity contribution >= 4 is 11.7 Å². The second-order valence-corrected chi connectivity index (χ2v) is 6.69. The summed E-state index contributed by atoms with van der Waals surface area (Å²) in [6.45, 7) is 5.64. The van der Waals surface area contributed by atoms with E-state index in [1.165, 1.54) is 17.2 Å². The molecule has 0 radical (unpaired) electrons. The number of rotatable bonds is 5. The first-order valence-electron chi connectivity index (χ1n) is 8.67. The lowest BCUT2D eigenvalue weighted by molar-refractivity contribution is 0.249. The van der Waals surface area contributed by atoms with Crippen molar-refractivity contribution in [2.24, 2.45) is 5.92 Å². The molecule has 1 atom stereocenters. The minimum absolute atomic E-state index is 0.201. The number of likely N-dealkylation sites (tertiary alicyclic amines) is 1. The minimum atomic E-state index is -0.428. The Balaban J connectivity index is 1.41. The van der Waals surface area contributed by atoms with E-state index in [0.717, 1.165) is 26.1 Å². The highest BCUT2D eigenvalue weighted by atomic mass is 19.1. The number of para-hydroxylation sites is 1. The number of aryl methyl sites for hydroxylation is 1. The van der Waals surface area contributed by atoms with Gasteiger partial charge in [-0.2, -0.15) is 0 Å². The molecule has 5 heteroatoms. The molecule has 1 aliphatic rings. The molecule has 2 aromatic carbocycles. The fourth-order valence-corrected chi connectivity index (χ4v) is 3.14. The van der Waals surface area contributed by atoms with Crippen molar-refractivity contribution in [2.75, 3.05) is 25.0 Å². The zero-order chi connectivity index (χ0) is 17.6. The Kier molecular flexibility index (Phi) is 5.66. The van der Waals surface area contributed by atoms with Crippen LogP contribution in [0.3, 0.4) is 0 Å². The molecule has 1 saturated heterocycles. The van der Waals surface area contributed by atoms with Gasteiger partial charge in [-0.15, -0.1) is 0 Å². The summed E-state index contributed by atoms with van der Waals surface area (Å²) in [5, 5.41) is 5.40. The van der Waals surface area contributed by atoms with Crippen LogP contribution < -0.4 is 10.6 Å². The quantitative estimate of drug-likeness (QED) is 0.869. The molecule has 1 fully saturated rings. The molecule has 0 spiro atoms. The Hall–Kier alpha value is -2.40. The van der Waals surface area contributed by atoms with Crippen LogP contribution in [0.25, 0.3) is 0 Å². The fraction of sp³-hybridized carbons (Fsp3) is 0.350. The van der Waals surface area contributed by atoms with Gasteiger partial charge < -0.3 is 10.6 Å². The molecular formula is C20H24FN3O. The zero-order valence-electron chi connectivity index (χ0n) is 14.5. The van der Waals surface area contributed by atoms with E-state index in [2.05, 4.69) is 46.7 Å². The smallest absolute Gasteiger partial charge is 0.319 e. The van der Waals surface area contributed by atoms with Gasteiger partial charge in [0.2, 0.25) is 0 Å². The third-order valence-electron chi connectivity index (χ3n) is 4.57. The highest BCUT2D eigenvalue weighted by Crippen LogP contribution is 2.18. The van der Waals surface area contributed by atoms with Gasteiger partial charge in [0.1, 0.15) is 5.82 Å². The minimum Gasteiger partial charge on any atom is -0.338 e. The third kappa shape index (κ3) is 5.03. The van der Waals surface area contributed by atoms with Crippen LogP contribution in [0.4, 0.5) is 14.9 Å². The molecule has 4 nitrogen and oxygen atoms in total. The highest BCUT2D eigenvalue weighted by molar-refractivity contribution is 5.89. The van der Waals surface area contributed by atoms with Crippen LogP contribution in [0.15, 0.2) is 48.5 Å². The van der Waals surface area contributed by atoms with Crippen molar-refractivity contribution in [3.63, 3.8) is 0 Å². The largest absolute Gasteiger partial charge is 0.338 e. The van der Waals surface area contributed by atoms with E-state index >= 15 is 0 Å². The number of halogens is 1. The molecule has 2 N–H and O–H groups in total. The maximum absolute atomic E-state index is 13.5. The van der Waals surface area contributed by atoms with Crippen LogP contribution in [-0.4, -0.2) is 30.6 Å². The molecule has 132 valence electrons. The maximum atomic E-state index is 13.5. The van der Waals surface area contributed by atoms with Crippen LogP contribution in [0.5, 0.6) is 0 Å². The summed E-state index contributed by atoms with van der Waals surface area (Å²) in [7, 11) is 0. The van der Waals surface area contributed by atoms with Crippen molar-refractivity contribution in [1.29, 1.82) is 0 Å². The lowest BCUT2D eigenvalue weighted by atomic mass is 10.1. The first-order valence-corrected chi connectivity index (χ1v) is 8.67. The highest BCUT2D eigenvalue weighted by Gasteiger charge is 2.22. The van der Waals surface area contributed by atoms with Gasteiger partial charge in [0.25, 0.3) is 0 Å². The van der Waals surface area contributed by atoms with Gasteiger partial charge in [-0.1, -0.05) is 42.0 Å². The van der Waals surface area contributed by atoms with E-state index in [1.807, 2.05) is 0 Å². The lowest BCUT2D eigenvalue weighted by Gasteiger charge is -2.17. The molecule has 0 aromatic heterocycles. The Morgan fingerprint density at radius 1 is 1.20 bits per heavy atom. The summed E-state index contributed by atoms with van der Waals surface area (Å²) in [6.07, 6.45) is 1.06. The number of benzene rings is 2. The normalized spacial score (nSPS) is 17.4. The fourth-order valence-electron chi connectivity index (χ4n) is 3.14. The number of hydrogen-bond acceptors (Lipinski definition) is 2. The van der Waals surface area contributed by atoms with Crippen LogP contribution in [0, 0.1) is 18.7 Å². The van der Waals surface area contributed by atoms with Crippen LogP contribution in [0.2, 0.25) is 0 Å². The summed E-state index contributed by atoms with van der Waals surface area (Å²) in [6, 6.07) is 14.4. The van der Waals surface area contributed by atoms with Gasteiger partial charge >= 0.3 is 6.03 Å². The van der Waals surface area contributed by atoms with Gasteiger partial charge in [0.15, 0.2) is 0 Å². The first kappa shape index (κ1) is 17.4. The second kappa shape index (κ2) is 8.12. The Morgan fingerprint density at radius 2 is 1.96 bits per heavy atom. The number of nitrogens with one attached hydrogen (secondary N) is 2. The predicted molar refractivity (Wildman–Crippen MR) is 98.0 cm³/mol. The molecule has 1 aliphatic heterocycles. The standard InChI is InChI=1S/C20H24FN3O/c1-15-6-8-16(9-7-15)13-24-11-10-17(14-24)12-22-20(25)23-19-5-3-2-4-18(19)21/h2-9,17H,10-14H2,1H3,(H2,22,23,25)/t17-/m0/s1. The van der Waals surface area contributed by atoms with Gasteiger partial charge in [-0.05, 0) is 43.5 Å². The van der Waals surface area contributed by atoms with Gasteiger partial charge in [0, 0.05) is 19.6 Å². The van der Waals surface area contributed by atoms with E-state index in [0.29, 0.717) is 12.5 Å². The van der Waals surface area contributed by atoms with Gasteiger partial charge in [-0.3, -0.25) is 4.90 Å². The number of hydrogen-bond donors (Lipinski definition) is 2. The van der Waals surface area contributed by atoms with Crippen molar-refractivity contribution in [3.8, 4) is 0 Å². The molecule has 3 rings (SSSR count). The number of amides is 2. The number of urea groups is 1. The lowest BCUT2D eigenvalue weighted by Crippen LogP contribution is -2.34. The van der Waals surface area contributed by atoms with Crippen LogP contribution in [0.1, 0.15) is 17.5 Å². The average Bonchev–Trinajstić information content (AvgIpc) is 3.05. The van der Waals surface area contributed by atoms with Crippen molar-refractivity contribution in [2.45, 2.75) is 19.9 Å².